The van der Waals surface area contributed by atoms with E-state index in [2.05, 4.69) is 0 Å². The molecule has 1 unspecified atom stereocenters. The van der Waals surface area contributed by atoms with Crippen molar-refractivity contribution < 1.29 is 19.1 Å². The Morgan fingerprint density at radius 3 is 1.81 bits per heavy atom. The minimum Gasteiger partial charge on any atom is -0.460 e. The van der Waals surface area contributed by atoms with Gasteiger partial charge in [-0.25, -0.2) is 0 Å². The van der Waals surface area contributed by atoms with Gasteiger partial charge in [-0.05, 0) is 41.0 Å². The van der Waals surface area contributed by atoms with E-state index in [1.807, 2.05) is 0 Å². The second-order valence-electron chi connectivity index (χ2n) is 5.37. The van der Waals surface area contributed by atoms with Gasteiger partial charge < -0.3 is 4.74 Å². The lowest BCUT2D eigenvalue weighted by atomic mass is 9.94. The van der Waals surface area contributed by atoms with Crippen LogP contribution in [0, 0.1) is 11.3 Å². The van der Waals surface area contributed by atoms with Crippen molar-refractivity contribution in [1.82, 2.24) is 0 Å². The Bertz CT molecular complexity index is 335. The van der Waals surface area contributed by atoms with Crippen molar-refractivity contribution in [3.63, 3.8) is 0 Å². The summed E-state index contributed by atoms with van der Waals surface area (Å²) in [6.07, 6.45) is 0.298. The molecule has 0 spiro atoms. The molecule has 4 nitrogen and oxygen atoms in total. The topological polar surface area (TPSA) is 60.4 Å². The number of hydrogen-bond acceptors (Lipinski definition) is 4. The number of rotatable bonds is 3. The number of ether oxygens (including phenoxy) is 1. The zero-order chi connectivity index (χ0) is 12.7. The standard InChI is InChI=1S/C12H18O4/c1-7(13)12(8(2)14)6-9(12)10(15)16-11(3,4)5/h9H,6H2,1-5H3. The maximum Gasteiger partial charge on any atom is 0.310 e. The fraction of sp³-hybridized carbons (Fsp3) is 0.750. The van der Waals surface area contributed by atoms with E-state index in [0.717, 1.165) is 0 Å². The molecule has 16 heavy (non-hydrogen) atoms. The van der Waals surface area contributed by atoms with Crippen molar-refractivity contribution >= 4 is 17.5 Å². The molecular weight excluding hydrogens is 208 g/mol. The highest BCUT2D eigenvalue weighted by molar-refractivity contribution is 6.12. The number of esters is 1. The summed E-state index contributed by atoms with van der Waals surface area (Å²) in [5.41, 5.74) is -1.68. The van der Waals surface area contributed by atoms with Crippen LogP contribution in [0.3, 0.4) is 0 Å². The lowest BCUT2D eigenvalue weighted by Gasteiger charge is -2.20. The van der Waals surface area contributed by atoms with Gasteiger partial charge in [-0.15, -0.1) is 0 Å². The Hall–Kier alpha value is -1.19. The molecule has 1 aliphatic rings. The molecule has 1 saturated carbocycles. The first kappa shape index (κ1) is 12.9. The van der Waals surface area contributed by atoms with E-state index >= 15 is 0 Å². The number of hydrogen-bond donors (Lipinski definition) is 0. The van der Waals surface area contributed by atoms with Gasteiger partial charge in [0, 0.05) is 0 Å². The monoisotopic (exact) mass is 226 g/mol. The van der Waals surface area contributed by atoms with Crippen molar-refractivity contribution in [2.45, 2.75) is 46.6 Å². The van der Waals surface area contributed by atoms with Gasteiger partial charge in [0.2, 0.25) is 0 Å². The van der Waals surface area contributed by atoms with E-state index in [4.69, 9.17) is 4.74 Å². The quantitative estimate of drug-likeness (QED) is 0.540. The van der Waals surface area contributed by atoms with E-state index in [1.54, 1.807) is 20.8 Å². The third-order valence-electron chi connectivity index (χ3n) is 2.91. The average Bonchev–Trinajstić information content (AvgIpc) is 2.74. The molecule has 1 fully saturated rings. The summed E-state index contributed by atoms with van der Waals surface area (Å²) in [7, 11) is 0. The summed E-state index contributed by atoms with van der Waals surface area (Å²) in [5.74, 6) is -1.51. The summed E-state index contributed by atoms with van der Waals surface area (Å²) >= 11 is 0. The van der Waals surface area contributed by atoms with Gasteiger partial charge >= 0.3 is 5.97 Å². The average molecular weight is 226 g/mol. The van der Waals surface area contributed by atoms with E-state index in [9.17, 15) is 14.4 Å². The molecular formula is C12H18O4. The van der Waals surface area contributed by atoms with Gasteiger partial charge in [-0.3, -0.25) is 14.4 Å². The van der Waals surface area contributed by atoms with Crippen LogP contribution in [0.5, 0.6) is 0 Å². The van der Waals surface area contributed by atoms with Crippen molar-refractivity contribution in [3.05, 3.63) is 0 Å². The van der Waals surface area contributed by atoms with E-state index in [1.165, 1.54) is 13.8 Å². The molecule has 0 aromatic carbocycles. The second kappa shape index (κ2) is 3.68. The van der Waals surface area contributed by atoms with Crippen molar-refractivity contribution in [3.8, 4) is 0 Å². The van der Waals surface area contributed by atoms with Crippen LogP contribution in [0.2, 0.25) is 0 Å². The lowest BCUT2D eigenvalue weighted by Crippen LogP contribution is -2.30. The zero-order valence-electron chi connectivity index (χ0n) is 10.4. The molecule has 0 aliphatic heterocycles. The van der Waals surface area contributed by atoms with Crippen molar-refractivity contribution in [2.75, 3.05) is 0 Å². The van der Waals surface area contributed by atoms with Crippen LogP contribution < -0.4 is 0 Å². The summed E-state index contributed by atoms with van der Waals surface area (Å²) in [5, 5.41) is 0. The van der Waals surface area contributed by atoms with Crippen LogP contribution in [0.15, 0.2) is 0 Å². The summed E-state index contributed by atoms with van der Waals surface area (Å²) in [4.78, 5) is 34.6. The molecule has 0 aromatic heterocycles. The van der Waals surface area contributed by atoms with Crippen LogP contribution >= 0.6 is 0 Å². The van der Waals surface area contributed by atoms with Crippen molar-refractivity contribution in [1.29, 1.82) is 0 Å². The highest BCUT2D eigenvalue weighted by Crippen LogP contribution is 2.54. The Labute approximate surface area is 95.3 Å². The molecule has 1 atom stereocenters. The minimum atomic E-state index is -1.09. The number of carbonyl (C=O) groups excluding carboxylic acids is 3. The van der Waals surface area contributed by atoms with Gasteiger partial charge in [0.1, 0.15) is 22.6 Å². The normalized spacial score (nSPS) is 22.4. The van der Waals surface area contributed by atoms with E-state index < -0.39 is 22.9 Å². The molecule has 0 aromatic rings. The Morgan fingerprint density at radius 1 is 1.12 bits per heavy atom. The van der Waals surface area contributed by atoms with Crippen LogP contribution in [0.25, 0.3) is 0 Å². The van der Waals surface area contributed by atoms with Crippen LogP contribution in [-0.2, 0) is 19.1 Å². The molecule has 1 rings (SSSR count). The minimum absolute atomic E-state index is 0.240. The predicted molar refractivity (Wildman–Crippen MR) is 57.7 cm³/mol. The highest BCUT2D eigenvalue weighted by atomic mass is 16.6. The largest absolute Gasteiger partial charge is 0.460 e. The molecule has 0 radical (unpaired) electrons. The third-order valence-corrected chi connectivity index (χ3v) is 2.91. The molecule has 0 heterocycles. The molecule has 0 bridgehead atoms. The van der Waals surface area contributed by atoms with E-state index in [0.29, 0.717) is 6.42 Å². The smallest absolute Gasteiger partial charge is 0.310 e. The molecule has 1 aliphatic carbocycles. The Balaban J connectivity index is 2.77. The second-order valence-corrected chi connectivity index (χ2v) is 5.37. The van der Waals surface area contributed by atoms with Gasteiger partial charge in [0.05, 0.1) is 5.92 Å². The SMILES string of the molecule is CC(=O)C1(C(C)=O)CC1C(=O)OC(C)(C)C. The summed E-state index contributed by atoms with van der Waals surface area (Å²) < 4.78 is 5.17. The molecule has 0 N–H and O–H groups in total. The van der Waals surface area contributed by atoms with Gasteiger partial charge in [-0.2, -0.15) is 0 Å². The summed E-state index contributed by atoms with van der Waals surface area (Å²) in [6.45, 7) is 7.99. The Morgan fingerprint density at radius 2 is 1.56 bits per heavy atom. The molecule has 0 amide bonds. The van der Waals surface area contributed by atoms with Crippen molar-refractivity contribution in [2.24, 2.45) is 11.3 Å². The van der Waals surface area contributed by atoms with Gasteiger partial charge in [-0.1, -0.05) is 0 Å². The van der Waals surface area contributed by atoms with Crippen LogP contribution in [0.4, 0.5) is 0 Å². The number of Topliss-reactive ketones (excluding diaryl/α,β-unsaturated/α-hetero) is 2. The lowest BCUT2D eigenvalue weighted by molar-refractivity contribution is -0.159. The first-order chi connectivity index (χ1) is 7.11. The third kappa shape index (κ3) is 2.15. The fourth-order valence-corrected chi connectivity index (χ4v) is 1.95. The first-order valence-electron chi connectivity index (χ1n) is 5.36. The molecule has 90 valence electrons. The molecule has 0 saturated heterocycles. The Kier molecular flexibility index (Phi) is 2.96. The predicted octanol–water partition coefficient (Wildman–Crippen LogP) is 1.51. The maximum atomic E-state index is 11.7. The van der Waals surface area contributed by atoms with Gasteiger partial charge in [0.15, 0.2) is 0 Å². The molecule has 4 heteroatoms. The summed E-state index contributed by atoms with van der Waals surface area (Å²) in [6, 6.07) is 0. The highest BCUT2D eigenvalue weighted by Gasteiger charge is 2.66. The maximum absolute atomic E-state index is 11.7. The number of ketones is 2. The number of carbonyl (C=O) groups is 3. The van der Waals surface area contributed by atoms with Crippen LogP contribution in [0.1, 0.15) is 41.0 Å². The zero-order valence-corrected chi connectivity index (χ0v) is 10.4. The van der Waals surface area contributed by atoms with E-state index in [-0.39, 0.29) is 11.6 Å². The van der Waals surface area contributed by atoms with Gasteiger partial charge in [0.25, 0.3) is 0 Å². The van der Waals surface area contributed by atoms with Crippen LogP contribution in [-0.4, -0.2) is 23.1 Å². The fourth-order valence-electron chi connectivity index (χ4n) is 1.95. The first-order valence-corrected chi connectivity index (χ1v) is 5.36.